The predicted molar refractivity (Wildman–Crippen MR) is 230 cm³/mol. The van der Waals surface area contributed by atoms with Crippen molar-refractivity contribution in [2.24, 2.45) is 0 Å². The average molecular weight is 731 g/mol. The number of hydrogen-bond donors (Lipinski definition) is 0. The largest absolute Gasteiger partial charge is 0.456 e. The van der Waals surface area contributed by atoms with E-state index < -0.39 is 0 Å². The van der Waals surface area contributed by atoms with Crippen LogP contribution in [0.25, 0.3) is 117 Å². The lowest BCUT2D eigenvalue weighted by Crippen LogP contribution is -2.00. The second kappa shape index (κ2) is 12.3. The van der Waals surface area contributed by atoms with Gasteiger partial charge >= 0.3 is 0 Å². The van der Waals surface area contributed by atoms with Crippen LogP contribution in [0.5, 0.6) is 0 Å². The molecule has 0 spiro atoms. The van der Waals surface area contributed by atoms with E-state index in [1.54, 1.807) is 0 Å². The van der Waals surface area contributed by atoms with Gasteiger partial charge in [0.25, 0.3) is 0 Å². The van der Waals surface area contributed by atoms with Crippen molar-refractivity contribution < 1.29 is 8.83 Å². The Balaban J connectivity index is 1.08. The Morgan fingerprint density at radius 3 is 1.75 bits per heavy atom. The number of para-hydroxylation sites is 5. The zero-order chi connectivity index (χ0) is 37.5. The lowest BCUT2D eigenvalue weighted by atomic mass is 9.97. The minimum atomic E-state index is 0.543. The van der Waals surface area contributed by atoms with Crippen molar-refractivity contribution in [1.82, 2.24) is 19.5 Å². The summed E-state index contributed by atoms with van der Waals surface area (Å²) in [6, 6.07) is 62.7. The number of furan rings is 2. The minimum Gasteiger partial charge on any atom is -0.456 e. The summed E-state index contributed by atoms with van der Waals surface area (Å²) in [5.41, 5.74) is 11.4. The molecule has 0 aliphatic carbocycles. The van der Waals surface area contributed by atoms with E-state index in [-0.39, 0.29) is 0 Å². The molecular weight excluding hydrogens is 701 g/mol. The molecule has 4 heterocycles. The summed E-state index contributed by atoms with van der Waals surface area (Å²) in [6.45, 7) is 0. The average Bonchev–Trinajstić information content (AvgIpc) is 3.96. The normalized spacial score (nSPS) is 11.9. The topological polar surface area (TPSA) is 69.9 Å². The summed E-state index contributed by atoms with van der Waals surface area (Å²) in [4.78, 5) is 15.3. The maximum atomic E-state index is 6.57. The van der Waals surface area contributed by atoms with Gasteiger partial charge in [0.15, 0.2) is 17.5 Å². The second-order valence-corrected chi connectivity index (χ2v) is 14.3. The fourth-order valence-corrected chi connectivity index (χ4v) is 8.53. The maximum Gasteiger partial charge on any atom is 0.167 e. The molecule has 266 valence electrons. The third kappa shape index (κ3) is 4.87. The number of fused-ring (bicyclic) bond motifs is 9. The number of aromatic nitrogens is 4. The molecule has 0 saturated carbocycles. The SMILES string of the molecule is c1ccc(-c2nc(-c3ccc4oc5cccc(-c6ccccc6-n6c7ccccc7c7ccccc76)c5c4c3)nc(-c3cccc4c3oc3ccccc34)n2)cc1. The van der Waals surface area contributed by atoms with Gasteiger partial charge in [-0.3, -0.25) is 0 Å². The van der Waals surface area contributed by atoms with Crippen molar-refractivity contribution in [3.63, 3.8) is 0 Å². The quantitative estimate of drug-likeness (QED) is 0.176. The Morgan fingerprint density at radius 1 is 0.351 bits per heavy atom. The van der Waals surface area contributed by atoms with Gasteiger partial charge < -0.3 is 13.4 Å². The first-order valence-corrected chi connectivity index (χ1v) is 19.0. The molecule has 0 amide bonds. The summed E-state index contributed by atoms with van der Waals surface area (Å²) in [5, 5.41) is 6.54. The summed E-state index contributed by atoms with van der Waals surface area (Å²) in [6.07, 6.45) is 0. The van der Waals surface area contributed by atoms with Crippen LogP contribution >= 0.6 is 0 Å². The lowest BCUT2D eigenvalue weighted by molar-refractivity contribution is 0.669. The molecule has 6 heteroatoms. The lowest BCUT2D eigenvalue weighted by Gasteiger charge is -2.15. The number of hydrogen-bond acceptors (Lipinski definition) is 5. The van der Waals surface area contributed by atoms with Crippen LogP contribution in [0.4, 0.5) is 0 Å². The zero-order valence-corrected chi connectivity index (χ0v) is 30.4. The molecule has 0 fully saturated rings. The van der Waals surface area contributed by atoms with Crippen LogP contribution in [0, 0.1) is 0 Å². The fraction of sp³-hybridized carbons (Fsp3) is 0. The standard InChI is InChI=1S/C51H30N4O2/c1-2-14-31(15-3-1)49-52-50(54-51(53-49)39-22-12-21-38-36-19-7-11-26-44(36)57-48(38)39)32-28-29-45-40(30-32)47-37(20-13-27-46(47)56-45)35-18-6-10-25-43(35)55-41-23-8-4-16-33(41)34-17-5-9-24-42(34)55/h1-30H. The maximum absolute atomic E-state index is 6.57. The smallest absolute Gasteiger partial charge is 0.167 e. The summed E-state index contributed by atoms with van der Waals surface area (Å²) in [7, 11) is 0. The molecule has 57 heavy (non-hydrogen) atoms. The molecule has 12 rings (SSSR count). The Kier molecular flexibility index (Phi) is 6.83. The monoisotopic (exact) mass is 730 g/mol. The van der Waals surface area contributed by atoms with E-state index in [1.807, 2.05) is 78.9 Å². The van der Waals surface area contributed by atoms with Crippen LogP contribution in [-0.4, -0.2) is 19.5 Å². The van der Waals surface area contributed by atoms with Crippen molar-refractivity contribution in [3.8, 4) is 51.0 Å². The Labute approximate surface area is 325 Å². The van der Waals surface area contributed by atoms with Crippen LogP contribution in [-0.2, 0) is 0 Å². The van der Waals surface area contributed by atoms with Gasteiger partial charge in [-0.1, -0.05) is 127 Å². The van der Waals surface area contributed by atoms with Gasteiger partial charge in [0.1, 0.15) is 22.3 Å². The van der Waals surface area contributed by atoms with E-state index >= 15 is 0 Å². The van der Waals surface area contributed by atoms with Gasteiger partial charge in [-0.05, 0) is 60.2 Å². The van der Waals surface area contributed by atoms with E-state index in [4.69, 9.17) is 23.8 Å². The van der Waals surface area contributed by atoms with Gasteiger partial charge in [-0.15, -0.1) is 0 Å². The first kappa shape index (κ1) is 31.5. The Bertz CT molecular complexity index is 3490. The Morgan fingerprint density at radius 2 is 0.930 bits per heavy atom. The van der Waals surface area contributed by atoms with E-state index in [2.05, 4.69) is 108 Å². The van der Waals surface area contributed by atoms with Gasteiger partial charge in [0.05, 0.1) is 22.3 Å². The molecule has 12 aromatic rings. The first-order valence-electron chi connectivity index (χ1n) is 19.0. The fourth-order valence-electron chi connectivity index (χ4n) is 8.53. The third-order valence-corrected chi connectivity index (χ3v) is 11.1. The molecule has 8 aromatic carbocycles. The Hall–Kier alpha value is -7.83. The van der Waals surface area contributed by atoms with E-state index in [9.17, 15) is 0 Å². The highest BCUT2D eigenvalue weighted by molar-refractivity contribution is 6.15. The van der Waals surface area contributed by atoms with Gasteiger partial charge in [-0.2, -0.15) is 0 Å². The van der Waals surface area contributed by atoms with Crippen molar-refractivity contribution in [3.05, 3.63) is 182 Å². The summed E-state index contributed by atoms with van der Waals surface area (Å²) < 4.78 is 15.4. The highest BCUT2D eigenvalue weighted by atomic mass is 16.3. The molecule has 0 N–H and O–H groups in total. The van der Waals surface area contributed by atoms with Crippen LogP contribution in [0.2, 0.25) is 0 Å². The van der Waals surface area contributed by atoms with Gasteiger partial charge in [0.2, 0.25) is 0 Å². The first-order chi connectivity index (χ1) is 28.3. The van der Waals surface area contributed by atoms with Crippen molar-refractivity contribution in [2.75, 3.05) is 0 Å². The molecule has 0 radical (unpaired) electrons. The van der Waals surface area contributed by atoms with E-state index in [0.29, 0.717) is 17.5 Å². The van der Waals surface area contributed by atoms with Crippen molar-refractivity contribution in [2.45, 2.75) is 0 Å². The predicted octanol–water partition coefficient (Wildman–Crippen LogP) is 13.4. The number of nitrogens with zero attached hydrogens (tertiary/aromatic N) is 4. The molecular formula is C51H30N4O2. The van der Waals surface area contributed by atoms with Crippen molar-refractivity contribution >= 4 is 65.7 Å². The molecule has 4 aromatic heterocycles. The van der Waals surface area contributed by atoms with Crippen molar-refractivity contribution in [1.29, 1.82) is 0 Å². The highest BCUT2D eigenvalue weighted by Gasteiger charge is 2.21. The van der Waals surface area contributed by atoms with Gasteiger partial charge in [0, 0.05) is 49.0 Å². The second-order valence-electron chi connectivity index (χ2n) is 14.3. The van der Waals surface area contributed by atoms with Gasteiger partial charge in [-0.25, -0.2) is 15.0 Å². The van der Waals surface area contributed by atoms with E-state index in [0.717, 1.165) is 88.4 Å². The third-order valence-electron chi connectivity index (χ3n) is 11.1. The molecule has 6 nitrogen and oxygen atoms in total. The molecule has 0 saturated heterocycles. The molecule has 0 bridgehead atoms. The summed E-state index contributed by atoms with van der Waals surface area (Å²) in [5.74, 6) is 1.69. The zero-order valence-electron chi connectivity index (χ0n) is 30.4. The molecule has 0 atom stereocenters. The number of rotatable bonds is 5. The van der Waals surface area contributed by atoms with Crippen LogP contribution in [0.1, 0.15) is 0 Å². The number of benzene rings is 8. The van der Waals surface area contributed by atoms with Crippen LogP contribution in [0.3, 0.4) is 0 Å². The molecule has 0 aliphatic rings. The highest BCUT2D eigenvalue weighted by Crippen LogP contribution is 2.42. The molecule has 0 unspecified atom stereocenters. The van der Waals surface area contributed by atoms with Crippen LogP contribution < -0.4 is 0 Å². The summed E-state index contributed by atoms with van der Waals surface area (Å²) >= 11 is 0. The van der Waals surface area contributed by atoms with Crippen LogP contribution in [0.15, 0.2) is 191 Å². The van der Waals surface area contributed by atoms with E-state index in [1.165, 1.54) is 10.8 Å². The molecule has 0 aliphatic heterocycles. The minimum absolute atomic E-state index is 0.543.